The number of nitrogens with zero attached hydrogens (tertiary/aromatic N) is 6. The minimum atomic E-state index is -4.91. The molecule has 1 N–H and O–H groups in total. The Balaban J connectivity index is 1.47. The lowest BCUT2D eigenvalue weighted by atomic mass is 9.99. The number of hydrogen-bond donors (Lipinski definition) is 1. The van der Waals surface area contributed by atoms with Crippen molar-refractivity contribution in [1.82, 2.24) is 34.2 Å². The average Bonchev–Trinajstić information content (AvgIpc) is 3.60. The molecule has 0 spiro atoms. The molecule has 0 aliphatic carbocycles. The largest absolute Gasteiger partial charge is 0.437 e. The molecule has 6 heterocycles. The number of aromatic amines is 1. The molecule has 6 rings (SSSR count). The number of hydrogen-bond acceptors (Lipinski definition) is 6. The van der Waals surface area contributed by atoms with Crippen molar-refractivity contribution in [3.63, 3.8) is 0 Å². The van der Waals surface area contributed by atoms with Crippen LogP contribution in [0.1, 0.15) is 39.4 Å². The van der Waals surface area contributed by atoms with E-state index in [1.807, 2.05) is 12.1 Å². The van der Waals surface area contributed by atoms with Gasteiger partial charge in [0.15, 0.2) is 5.69 Å². The molecule has 0 unspecified atom stereocenters. The molecule has 1 atom stereocenters. The molecule has 176 valence electrons. The highest BCUT2D eigenvalue weighted by Crippen LogP contribution is 2.38. The van der Waals surface area contributed by atoms with Gasteiger partial charge in [0.05, 0.1) is 17.7 Å². The molecule has 12 heteroatoms. The molecule has 0 saturated heterocycles. The number of aromatic nitrogens is 6. The molecule has 1 aliphatic heterocycles. The Bertz CT molecular complexity index is 1500. The van der Waals surface area contributed by atoms with E-state index in [0.29, 0.717) is 23.5 Å². The number of amides is 1. The predicted molar refractivity (Wildman–Crippen MR) is 115 cm³/mol. The number of nitrogens with one attached hydrogen (secondary N) is 1. The molecule has 0 radical (unpaired) electrons. The number of pyridine rings is 2. The number of oxazole rings is 1. The quantitative estimate of drug-likeness (QED) is 0.421. The summed E-state index contributed by atoms with van der Waals surface area (Å²) in [6, 6.07) is 9.27. The first kappa shape index (κ1) is 21.1. The summed E-state index contributed by atoms with van der Waals surface area (Å²) in [6.45, 7) is 0.128. The highest BCUT2D eigenvalue weighted by Gasteiger charge is 2.45. The summed E-state index contributed by atoms with van der Waals surface area (Å²) >= 11 is 0. The number of halogens is 3. The highest BCUT2D eigenvalue weighted by atomic mass is 19.4. The first-order valence-corrected chi connectivity index (χ1v) is 10.7. The maximum atomic E-state index is 13.9. The molecule has 0 saturated carbocycles. The van der Waals surface area contributed by atoms with Gasteiger partial charge in [-0.05, 0) is 24.3 Å². The van der Waals surface area contributed by atoms with Gasteiger partial charge in [-0.15, -0.1) is 0 Å². The van der Waals surface area contributed by atoms with Crippen LogP contribution < -0.4 is 0 Å². The fourth-order valence-corrected chi connectivity index (χ4v) is 4.27. The van der Waals surface area contributed by atoms with E-state index in [9.17, 15) is 18.0 Å². The summed E-state index contributed by atoms with van der Waals surface area (Å²) in [5, 5.41) is 0. The van der Waals surface area contributed by atoms with Gasteiger partial charge in [0.1, 0.15) is 17.4 Å². The molecular formula is C23H16F3N7O2. The maximum Gasteiger partial charge on any atom is 0.437 e. The van der Waals surface area contributed by atoms with Crippen LogP contribution in [0, 0.1) is 0 Å². The Labute approximate surface area is 195 Å². The lowest BCUT2D eigenvalue weighted by molar-refractivity contribution is -0.141. The Kier molecular flexibility index (Phi) is 4.69. The minimum Gasteiger partial charge on any atom is -0.429 e. The van der Waals surface area contributed by atoms with Crippen molar-refractivity contribution in [2.45, 2.75) is 18.6 Å². The van der Waals surface area contributed by atoms with Crippen LogP contribution in [0.3, 0.4) is 0 Å². The van der Waals surface area contributed by atoms with E-state index in [1.165, 1.54) is 23.5 Å². The molecule has 5 aromatic rings. The zero-order valence-electron chi connectivity index (χ0n) is 17.9. The van der Waals surface area contributed by atoms with Gasteiger partial charge in [0, 0.05) is 37.3 Å². The summed E-state index contributed by atoms with van der Waals surface area (Å²) in [5.41, 5.74) is 1.10. The normalized spacial score (nSPS) is 16.0. The van der Waals surface area contributed by atoms with Gasteiger partial charge in [0.2, 0.25) is 11.7 Å². The van der Waals surface area contributed by atoms with Crippen LogP contribution in [-0.4, -0.2) is 46.7 Å². The third kappa shape index (κ3) is 3.54. The smallest absolute Gasteiger partial charge is 0.429 e. The molecule has 0 bridgehead atoms. The third-order valence-electron chi connectivity index (χ3n) is 5.82. The highest BCUT2D eigenvalue weighted by molar-refractivity contribution is 5.94. The summed E-state index contributed by atoms with van der Waals surface area (Å²) in [5.74, 6) is -2.24. The van der Waals surface area contributed by atoms with Crippen molar-refractivity contribution in [3.05, 3.63) is 89.9 Å². The average molecular weight is 479 g/mol. The van der Waals surface area contributed by atoms with Crippen molar-refractivity contribution in [2.75, 3.05) is 6.54 Å². The van der Waals surface area contributed by atoms with E-state index < -0.39 is 29.6 Å². The summed E-state index contributed by atoms with van der Waals surface area (Å²) in [6.07, 6.45) is 1.90. The molecular weight excluding hydrogens is 463 g/mol. The van der Waals surface area contributed by atoms with Crippen LogP contribution in [0.15, 0.2) is 65.7 Å². The molecule has 0 aromatic carbocycles. The fraction of sp³-hybridized carbons (Fsp3) is 0.174. The molecule has 35 heavy (non-hydrogen) atoms. The second kappa shape index (κ2) is 7.79. The van der Waals surface area contributed by atoms with Crippen LogP contribution >= 0.6 is 0 Å². The number of rotatable bonds is 3. The SMILES string of the molecule is O=C(c1oc(-c2ccccn2)nc1C(F)(F)F)N1CCc2[nH]cnc2[C@@H]1c1cn2ccccc2n1. The standard InChI is InChI=1S/C23H16F3N7O2/c24-23(25,26)20-19(35-21(31-20)14-5-1-3-8-27-14)22(34)33-10-7-13-17(29-12-28-13)18(33)15-11-32-9-4-2-6-16(32)30-15/h1-6,8-9,11-12,18H,7,10H2,(H,28,29)/t18-/m0/s1. The van der Waals surface area contributed by atoms with Crippen LogP contribution in [-0.2, 0) is 12.6 Å². The Hall–Kier alpha value is -4.48. The molecule has 5 aromatic heterocycles. The molecule has 1 amide bonds. The van der Waals surface area contributed by atoms with E-state index in [-0.39, 0.29) is 18.1 Å². The zero-order valence-corrected chi connectivity index (χ0v) is 17.9. The van der Waals surface area contributed by atoms with Gasteiger partial charge in [0.25, 0.3) is 5.91 Å². The van der Waals surface area contributed by atoms with Crippen LogP contribution in [0.2, 0.25) is 0 Å². The Morgan fingerprint density at radius 2 is 1.97 bits per heavy atom. The predicted octanol–water partition coefficient (Wildman–Crippen LogP) is 3.91. The van der Waals surface area contributed by atoms with Crippen molar-refractivity contribution in [1.29, 1.82) is 0 Å². The number of alkyl halides is 3. The second-order valence-electron chi connectivity index (χ2n) is 7.96. The van der Waals surface area contributed by atoms with Crippen LogP contribution in [0.5, 0.6) is 0 Å². The van der Waals surface area contributed by atoms with E-state index >= 15 is 0 Å². The van der Waals surface area contributed by atoms with E-state index in [0.717, 1.165) is 5.69 Å². The Morgan fingerprint density at radius 3 is 2.74 bits per heavy atom. The van der Waals surface area contributed by atoms with Gasteiger partial charge >= 0.3 is 6.18 Å². The van der Waals surface area contributed by atoms with Crippen molar-refractivity contribution in [2.24, 2.45) is 0 Å². The van der Waals surface area contributed by atoms with Gasteiger partial charge < -0.3 is 18.7 Å². The van der Waals surface area contributed by atoms with Crippen molar-refractivity contribution >= 4 is 11.6 Å². The fourth-order valence-electron chi connectivity index (χ4n) is 4.27. The molecule has 0 fully saturated rings. The van der Waals surface area contributed by atoms with Gasteiger partial charge in [-0.1, -0.05) is 12.1 Å². The summed E-state index contributed by atoms with van der Waals surface area (Å²) < 4.78 is 48.9. The minimum absolute atomic E-state index is 0.0854. The molecule has 1 aliphatic rings. The first-order chi connectivity index (χ1) is 16.9. The number of carbonyl (C=O) groups is 1. The first-order valence-electron chi connectivity index (χ1n) is 10.7. The number of fused-ring (bicyclic) bond motifs is 2. The maximum absolute atomic E-state index is 13.9. The lowest BCUT2D eigenvalue weighted by Gasteiger charge is -2.33. The third-order valence-corrected chi connectivity index (χ3v) is 5.82. The van der Waals surface area contributed by atoms with Crippen LogP contribution in [0.4, 0.5) is 13.2 Å². The number of carbonyl (C=O) groups excluding carboxylic acids is 1. The van der Waals surface area contributed by atoms with Gasteiger partial charge in [-0.25, -0.2) is 15.0 Å². The summed E-state index contributed by atoms with van der Waals surface area (Å²) in [4.78, 5) is 34.5. The van der Waals surface area contributed by atoms with Crippen molar-refractivity contribution in [3.8, 4) is 11.6 Å². The van der Waals surface area contributed by atoms with E-state index in [2.05, 4.69) is 24.9 Å². The van der Waals surface area contributed by atoms with Gasteiger partial charge in [-0.3, -0.25) is 9.78 Å². The Morgan fingerprint density at radius 1 is 1.11 bits per heavy atom. The topological polar surface area (TPSA) is 105 Å². The summed E-state index contributed by atoms with van der Waals surface area (Å²) in [7, 11) is 0. The second-order valence-corrected chi connectivity index (χ2v) is 7.96. The van der Waals surface area contributed by atoms with Crippen LogP contribution in [0.25, 0.3) is 17.2 Å². The van der Waals surface area contributed by atoms with E-state index in [4.69, 9.17) is 4.42 Å². The number of H-pyrrole nitrogens is 1. The zero-order chi connectivity index (χ0) is 24.2. The monoisotopic (exact) mass is 479 g/mol. The van der Waals surface area contributed by atoms with Crippen molar-refractivity contribution < 1.29 is 22.4 Å². The van der Waals surface area contributed by atoms with Gasteiger partial charge in [-0.2, -0.15) is 13.2 Å². The molecule has 9 nitrogen and oxygen atoms in total. The lowest BCUT2D eigenvalue weighted by Crippen LogP contribution is -2.41. The number of imidazole rings is 2. The van der Waals surface area contributed by atoms with E-state index in [1.54, 1.807) is 35.0 Å².